The lowest BCUT2D eigenvalue weighted by atomic mass is 9.92. The average Bonchev–Trinajstić information content (AvgIpc) is 2.76. The molecule has 1 N–H and O–H groups in total. The Hall–Kier alpha value is -3.14. The van der Waals surface area contributed by atoms with E-state index >= 15 is 0 Å². The fraction of sp³-hybridized carbons (Fsp3) is 0.130. The number of sulfone groups is 1. The van der Waals surface area contributed by atoms with Crippen molar-refractivity contribution in [1.29, 1.82) is 5.26 Å². The number of hydrogen-bond donors (Lipinski definition) is 1. The first-order chi connectivity index (χ1) is 14.4. The highest BCUT2D eigenvalue weighted by molar-refractivity contribution is 7.91. The van der Waals surface area contributed by atoms with Crippen LogP contribution in [0, 0.1) is 11.3 Å². The van der Waals surface area contributed by atoms with E-state index in [1.165, 1.54) is 19.1 Å². The minimum Gasteiger partial charge on any atom is -0.322 e. The summed E-state index contributed by atoms with van der Waals surface area (Å²) in [5.74, 6) is -1.20. The van der Waals surface area contributed by atoms with Crippen molar-refractivity contribution in [1.82, 2.24) is 0 Å². The van der Waals surface area contributed by atoms with E-state index in [1.807, 2.05) is 30.3 Å². The van der Waals surface area contributed by atoms with Crippen LogP contribution in [0.15, 0.2) is 77.7 Å². The predicted octanol–water partition coefficient (Wildman–Crippen LogP) is 5.04. The van der Waals surface area contributed by atoms with Crippen molar-refractivity contribution in [3.63, 3.8) is 0 Å². The molecular formula is C23H19ClN2O3S. The van der Waals surface area contributed by atoms with E-state index in [4.69, 9.17) is 11.6 Å². The van der Waals surface area contributed by atoms with E-state index in [0.29, 0.717) is 16.3 Å². The van der Waals surface area contributed by atoms with Crippen LogP contribution in [0.25, 0.3) is 0 Å². The van der Waals surface area contributed by atoms with Gasteiger partial charge in [0.15, 0.2) is 9.84 Å². The lowest BCUT2D eigenvalue weighted by Gasteiger charge is -2.14. The highest BCUT2D eigenvalue weighted by Crippen LogP contribution is 2.32. The van der Waals surface area contributed by atoms with Crippen molar-refractivity contribution in [2.75, 3.05) is 11.1 Å². The van der Waals surface area contributed by atoms with Gasteiger partial charge in [-0.15, -0.1) is 0 Å². The maximum atomic E-state index is 12.7. The molecule has 3 rings (SSSR count). The van der Waals surface area contributed by atoms with Crippen molar-refractivity contribution < 1.29 is 13.2 Å². The first kappa shape index (κ1) is 21.6. The molecule has 152 valence electrons. The molecule has 5 nitrogen and oxygen atoms in total. The number of carbonyl (C=O) groups is 1. The van der Waals surface area contributed by atoms with E-state index in [2.05, 4.69) is 11.4 Å². The van der Waals surface area contributed by atoms with Crippen LogP contribution >= 0.6 is 11.6 Å². The van der Waals surface area contributed by atoms with Gasteiger partial charge in [-0.3, -0.25) is 4.79 Å². The number of nitrogens with zero attached hydrogens (tertiary/aromatic N) is 1. The molecule has 0 bridgehead atoms. The third-order valence-corrected chi connectivity index (χ3v) is 6.79. The van der Waals surface area contributed by atoms with E-state index in [1.54, 1.807) is 30.3 Å². The van der Waals surface area contributed by atoms with E-state index in [9.17, 15) is 18.5 Å². The Kier molecular flexibility index (Phi) is 6.56. The lowest BCUT2D eigenvalue weighted by molar-refractivity contribution is 0.102. The summed E-state index contributed by atoms with van der Waals surface area (Å²) < 4.78 is 24.6. The zero-order chi connectivity index (χ0) is 21.7. The maximum Gasteiger partial charge on any atom is 0.256 e. The molecule has 1 atom stereocenters. The number of carbonyl (C=O) groups excluding carboxylic acids is 1. The molecule has 3 aromatic carbocycles. The summed E-state index contributed by atoms with van der Waals surface area (Å²) in [7, 11) is -3.55. The van der Waals surface area contributed by atoms with Crippen LogP contribution in [-0.2, 0) is 9.84 Å². The van der Waals surface area contributed by atoms with Crippen LogP contribution in [0.3, 0.4) is 0 Å². The van der Waals surface area contributed by atoms with Gasteiger partial charge >= 0.3 is 0 Å². The number of nitriles is 1. The third-order valence-electron chi connectivity index (χ3n) is 4.68. The zero-order valence-corrected chi connectivity index (χ0v) is 17.7. The molecule has 0 radical (unpaired) electrons. The second-order valence-corrected chi connectivity index (χ2v) is 9.22. The largest absolute Gasteiger partial charge is 0.322 e. The standard InChI is InChI=1S/C23H19ClN2O3S/c1-2-30(28,29)22-11-7-6-10-19(22)23(27)26-17-12-13-18(21(24)14-17)20(15-25)16-8-4-3-5-9-16/h3-14,20H,2H2,1H3,(H,26,27)/t20-/m1/s1. The number of amides is 1. The van der Waals surface area contributed by atoms with Gasteiger partial charge in [-0.05, 0) is 35.4 Å². The van der Waals surface area contributed by atoms with Gasteiger partial charge in [-0.2, -0.15) is 5.26 Å². The number of nitrogens with one attached hydrogen (secondary N) is 1. The third kappa shape index (κ3) is 4.54. The molecule has 30 heavy (non-hydrogen) atoms. The SMILES string of the molecule is CCS(=O)(=O)c1ccccc1C(=O)Nc1ccc([C@H](C#N)c2ccccc2)c(Cl)c1. The van der Waals surface area contributed by atoms with Gasteiger partial charge in [0.05, 0.1) is 28.2 Å². The number of rotatable bonds is 6. The molecule has 0 heterocycles. The Balaban J connectivity index is 1.89. The van der Waals surface area contributed by atoms with Crippen LogP contribution in [0.1, 0.15) is 34.3 Å². The Morgan fingerprint density at radius 3 is 2.37 bits per heavy atom. The number of hydrogen-bond acceptors (Lipinski definition) is 4. The van der Waals surface area contributed by atoms with E-state index in [-0.39, 0.29) is 16.2 Å². The number of benzene rings is 3. The van der Waals surface area contributed by atoms with Gasteiger partial charge in [0, 0.05) is 10.7 Å². The van der Waals surface area contributed by atoms with Crippen LogP contribution < -0.4 is 5.32 Å². The lowest BCUT2D eigenvalue weighted by Crippen LogP contribution is -2.17. The van der Waals surface area contributed by atoms with Crippen molar-refractivity contribution in [2.24, 2.45) is 0 Å². The molecule has 7 heteroatoms. The molecule has 0 aromatic heterocycles. The Morgan fingerprint density at radius 2 is 1.73 bits per heavy atom. The topological polar surface area (TPSA) is 87.0 Å². The second-order valence-electron chi connectivity index (χ2n) is 6.56. The zero-order valence-electron chi connectivity index (χ0n) is 16.2. The summed E-state index contributed by atoms with van der Waals surface area (Å²) in [5.41, 5.74) is 1.91. The Bertz CT molecular complexity index is 1220. The van der Waals surface area contributed by atoms with Gasteiger partial charge < -0.3 is 5.32 Å². The molecule has 1 amide bonds. The molecule has 0 aliphatic carbocycles. The second kappa shape index (κ2) is 9.12. The first-order valence-electron chi connectivity index (χ1n) is 9.24. The van der Waals surface area contributed by atoms with E-state index in [0.717, 1.165) is 5.56 Å². The molecule has 0 fully saturated rings. The van der Waals surface area contributed by atoms with Crippen molar-refractivity contribution >= 4 is 33.0 Å². The fourth-order valence-corrected chi connectivity index (χ4v) is 4.47. The normalized spacial score (nSPS) is 12.0. The van der Waals surface area contributed by atoms with Crippen LogP contribution in [0.4, 0.5) is 5.69 Å². The molecule has 0 unspecified atom stereocenters. The minimum atomic E-state index is -3.55. The molecular weight excluding hydrogens is 420 g/mol. The first-order valence-corrected chi connectivity index (χ1v) is 11.3. The highest BCUT2D eigenvalue weighted by atomic mass is 35.5. The van der Waals surface area contributed by atoms with Gasteiger partial charge in [0.2, 0.25) is 0 Å². The van der Waals surface area contributed by atoms with Crippen LogP contribution in [-0.4, -0.2) is 20.1 Å². The quantitative estimate of drug-likeness (QED) is 0.583. The van der Waals surface area contributed by atoms with Crippen molar-refractivity contribution in [2.45, 2.75) is 17.7 Å². The summed E-state index contributed by atoms with van der Waals surface area (Å²) in [6.45, 7) is 1.53. The highest BCUT2D eigenvalue weighted by Gasteiger charge is 2.21. The molecule has 0 saturated heterocycles. The summed E-state index contributed by atoms with van der Waals surface area (Å²) in [4.78, 5) is 12.7. The van der Waals surface area contributed by atoms with Crippen LogP contribution in [0.2, 0.25) is 5.02 Å². The molecule has 0 aliphatic heterocycles. The van der Waals surface area contributed by atoms with Gasteiger partial charge in [-0.25, -0.2) is 8.42 Å². The molecule has 0 spiro atoms. The minimum absolute atomic E-state index is 0.0126. The molecule has 3 aromatic rings. The summed E-state index contributed by atoms with van der Waals surface area (Å²) in [5, 5.41) is 12.6. The van der Waals surface area contributed by atoms with Crippen molar-refractivity contribution in [3.8, 4) is 6.07 Å². The summed E-state index contributed by atoms with van der Waals surface area (Å²) >= 11 is 6.41. The Morgan fingerprint density at radius 1 is 1.07 bits per heavy atom. The summed E-state index contributed by atoms with van der Waals surface area (Å²) in [6.07, 6.45) is 0. The van der Waals surface area contributed by atoms with E-state index < -0.39 is 21.7 Å². The predicted molar refractivity (Wildman–Crippen MR) is 117 cm³/mol. The smallest absolute Gasteiger partial charge is 0.256 e. The summed E-state index contributed by atoms with van der Waals surface area (Å²) in [6, 6.07) is 22.5. The van der Waals surface area contributed by atoms with Gasteiger partial charge in [0.25, 0.3) is 5.91 Å². The monoisotopic (exact) mass is 438 g/mol. The molecule has 0 aliphatic rings. The fourth-order valence-electron chi connectivity index (χ4n) is 3.09. The van der Waals surface area contributed by atoms with Crippen molar-refractivity contribution in [3.05, 3.63) is 94.5 Å². The van der Waals surface area contributed by atoms with Gasteiger partial charge in [0.1, 0.15) is 0 Å². The number of anilines is 1. The average molecular weight is 439 g/mol. The molecule has 0 saturated carbocycles. The Labute approximate surface area is 180 Å². The maximum absolute atomic E-state index is 12.7. The van der Waals surface area contributed by atoms with Crippen LogP contribution in [0.5, 0.6) is 0 Å². The van der Waals surface area contributed by atoms with Gasteiger partial charge in [-0.1, -0.05) is 67.1 Å². The number of halogens is 1.